The van der Waals surface area contributed by atoms with Crippen LogP contribution in [0, 0.1) is 18.3 Å². The van der Waals surface area contributed by atoms with Gasteiger partial charge in [-0.05, 0) is 37.6 Å². The summed E-state index contributed by atoms with van der Waals surface area (Å²) in [6.45, 7) is 2.62. The lowest BCUT2D eigenvalue weighted by Gasteiger charge is -2.05. The number of rotatable bonds is 5. The Morgan fingerprint density at radius 2 is 2.15 bits per heavy atom. The number of carbonyl (C=O) groups excluding carboxylic acids is 1. The molecule has 1 aromatic carbocycles. The number of aromatic nitrogens is 2. The Bertz CT molecular complexity index is 1030. The third-order valence-electron chi connectivity index (χ3n) is 3.60. The summed E-state index contributed by atoms with van der Waals surface area (Å²) < 4.78 is 29.9. The van der Waals surface area contributed by atoms with Crippen molar-refractivity contribution in [1.29, 1.82) is 5.26 Å². The molecule has 0 aliphatic rings. The molecule has 2 heterocycles. The zero-order valence-corrected chi connectivity index (χ0v) is 16.0. The summed E-state index contributed by atoms with van der Waals surface area (Å²) in [5.74, 6) is -3.28. The van der Waals surface area contributed by atoms with Gasteiger partial charge >= 0.3 is 0 Å². The minimum absolute atomic E-state index is 0.00107. The summed E-state index contributed by atoms with van der Waals surface area (Å²) in [7, 11) is 0. The number of amides is 1. The number of nitrogens with one attached hydrogen (secondary N) is 1. The normalized spacial score (nSPS) is 11.2. The monoisotopic (exact) mass is 404 g/mol. The Morgan fingerprint density at radius 1 is 1.37 bits per heavy atom. The number of nitriles is 1. The second kappa shape index (κ2) is 7.50. The van der Waals surface area contributed by atoms with E-state index in [4.69, 9.17) is 5.26 Å². The number of aryl methyl sites for hydroxylation is 1. The predicted molar refractivity (Wildman–Crippen MR) is 101 cm³/mol. The van der Waals surface area contributed by atoms with E-state index in [0.717, 1.165) is 33.8 Å². The highest BCUT2D eigenvalue weighted by molar-refractivity contribution is 7.15. The first-order chi connectivity index (χ1) is 12.7. The van der Waals surface area contributed by atoms with E-state index in [-0.39, 0.29) is 16.9 Å². The van der Waals surface area contributed by atoms with Gasteiger partial charge in [0.2, 0.25) is 5.13 Å². The van der Waals surface area contributed by atoms with Crippen molar-refractivity contribution >= 4 is 33.9 Å². The van der Waals surface area contributed by atoms with Gasteiger partial charge in [-0.1, -0.05) is 12.1 Å². The number of benzene rings is 1. The first-order valence-corrected chi connectivity index (χ1v) is 9.47. The molecule has 0 bridgehead atoms. The van der Waals surface area contributed by atoms with E-state index in [9.17, 15) is 13.6 Å². The number of hydrogen-bond acceptors (Lipinski definition) is 6. The molecule has 0 saturated heterocycles. The summed E-state index contributed by atoms with van der Waals surface area (Å²) >= 11 is 2.30. The fourth-order valence-corrected chi connectivity index (χ4v) is 4.01. The average Bonchev–Trinajstić information content (AvgIpc) is 3.19. The van der Waals surface area contributed by atoms with Gasteiger partial charge in [0.25, 0.3) is 11.8 Å². The van der Waals surface area contributed by atoms with Crippen LogP contribution < -0.4 is 5.32 Å². The molecule has 0 aliphatic carbocycles. The molecule has 0 atom stereocenters. The van der Waals surface area contributed by atoms with E-state index < -0.39 is 12.3 Å². The predicted octanol–water partition coefficient (Wildman–Crippen LogP) is 4.90. The number of halogens is 2. The van der Waals surface area contributed by atoms with Gasteiger partial charge in [-0.2, -0.15) is 9.64 Å². The lowest BCUT2D eigenvalue weighted by atomic mass is 10.1. The van der Waals surface area contributed by atoms with Crippen LogP contribution in [0.4, 0.5) is 13.9 Å². The third kappa shape index (κ3) is 4.72. The Morgan fingerprint density at radius 3 is 2.85 bits per heavy atom. The SMILES string of the molecule is Cc1sc(-c2cccc(C#N)c2)cc1C(=O)Nc1nc(CC(C)(F)F)ns1. The van der Waals surface area contributed by atoms with E-state index in [1.165, 1.54) is 11.3 Å². The molecule has 0 spiro atoms. The molecule has 9 heteroatoms. The number of thiophene rings is 1. The van der Waals surface area contributed by atoms with Crippen molar-refractivity contribution in [3.8, 4) is 16.5 Å². The smallest absolute Gasteiger partial charge is 0.258 e. The number of hydrogen-bond donors (Lipinski definition) is 1. The summed E-state index contributed by atoms with van der Waals surface area (Å²) in [4.78, 5) is 18.1. The molecule has 1 N–H and O–H groups in total. The molecule has 27 heavy (non-hydrogen) atoms. The Balaban J connectivity index is 1.78. The summed E-state index contributed by atoms with van der Waals surface area (Å²) in [6.07, 6.45) is -0.573. The molecular weight excluding hydrogens is 390 g/mol. The number of anilines is 1. The molecule has 0 unspecified atom stereocenters. The second-order valence-electron chi connectivity index (χ2n) is 5.99. The van der Waals surface area contributed by atoms with Gasteiger partial charge < -0.3 is 0 Å². The zero-order valence-electron chi connectivity index (χ0n) is 14.4. The fourth-order valence-electron chi connectivity index (χ4n) is 2.41. The van der Waals surface area contributed by atoms with Crippen molar-refractivity contribution in [2.45, 2.75) is 26.2 Å². The van der Waals surface area contributed by atoms with Gasteiger partial charge in [0.05, 0.1) is 23.6 Å². The largest absolute Gasteiger partial charge is 0.297 e. The lowest BCUT2D eigenvalue weighted by molar-refractivity contribution is 0.0209. The Labute approximate surface area is 162 Å². The van der Waals surface area contributed by atoms with Crippen LogP contribution in [0.3, 0.4) is 0 Å². The van der Waals surface area contributed by atoms with Gasteiger partial charge in [-0.15, -0.1) is 11.3 Å². The molecule has 5 nitrogen and oxygen atoms in total. The first-order valence-electron chi connectivity index (χ1n) is 7.88. The van der Waals surface area contributed by atoms with Crippen molar-refractivity contribution in [1.82, 2.24) is 9.36 Å². The van der Waals surface area contributed by atoms with E-state index in [0.29, 0.717) is 11.1 Å². The van der Waals surface area contributed by atoms with Crippen LogP contribution in [0.5, 0.6) is 0 Å². The van der Waals surface area contributed by atoms with Crippen LogP contribution in [0.15, 0.2) is 30.3 Å². The summed E-state index contributed by atoms with van der Waals surface area (Å²) in [6, 6.07) is 11.0. The quantitative estimate of drug-likeness (QED) is 0.656. The van der Waals surface area contributed by atoms with Gasteiger partial charge in [0, 0.05) is 21.3 Å². The Kier molecular flexibility index (Phi) is 5.30. The molecular formula is C18H14F2N4OS2. The van der Waals surface area contributed by atoms with Crippen molar-refractivity contribution in [2.75, 3.05) is 5.32 Å². The van der Waals surface area contributed by atoms with Gasteiger partial charge in [-0.3, -0.25) is 10.1 Å². The van der Waals surface area contributed by atoms with E-state index in [2.05, 4.69) is 20.7 Å². The lowest BCUT2D eigenvalue weighted by Crippen LogP contribution is -2.15. The zero-order chi connectivity index (χ0) is 19.6. The van der Waals surface area contributed by atoms with E-state index in [1.807, 2.05) is 13.0 Å². The number of nitrogens with zero attached hydrogens (tertiary/aromatic N) is 3. The van der Waals surface area contributed by atoms with E-state index >= 15 is 0 Å². The van der Waals surface area contributed by atoms with Crippen LogP contribution in [0.1, 0.15) is 33.5 Å². The average molecular weight is 404 g/mol. The van der Waals surface area contributed by atoms with Crippen LogP contribution in [0.25, 0.3) is 10.4 Å². The fraction of sp³-hybridized carbons (Fsp3) is 0.222. The van der Waals surface area contributed by atoms with Crippen LogP contribution in [0.2, 0.25) is 0 Å². The van der Waals surface area contributed by atoms with Crippen molar-refractivity contribution in [3.05, 3.63) is 52.2 Å². The van der Waals surface area contributed by atoms with Crippen molar-refractivity contribution in [3.63, 3.8) is 0 Å². The summed E-state index contributed by atoms with van der Waals surface area (Å²) in [5.41, 5.74) is 1.86. The van der Waals surface area contributed by atoms with E-state index in [1.54, 1.807) is 24.3 Å². The minimum Gasteiger partial charge on any atom is -0.297 e. The topological polar surface area (TPSA) is 78.7 Å². The molecule has 0 fully saturated rings. The van der Waals surface area contributed by atoms with Crippen molar-refractivity contribution < 1.29 is 13.6 Å². The Hall–Kier alpha value is -2.70. The number of alkyl halides is 2. The molecule has 3 aromatic rings. The maximum Gasteiger partial charge on any atom is 0.258 e. The third-order valence-corrected chi connectivity index (χ3v) is 5.36. The highest BCUT2D eigenvalue weighted by Gasteiger charge is 2.25. The number of carbonyl (C=O) groups is 1. The van der Waals surface area contributed by atoms with Gasteiger partial charge in [0.1, 0.15) is 0 Å². The molecule has 138 valence electrons. The molecule has 1 amide bonds. The molecule has 0 saturated carbocycles. The summed E-state index contributed by atoms with van der Waals surface area (Å²) in [5, 5.41) is 11.8. The molecule has 3 rings (SSSR count). The van der Waals surface area contributed by atoms with Gasteiger partial charge in [0.15, 0.2) is 5.82 Å². The maximum absolute atomic E-state index is 13.0. The molecule has 2 aromatic heterocycles. The molecule has 0 radical (unpaired) electrons. The maximum atomic E-state index is 13.0. The van der Waals surface area contributed by atoms with Crippen molar-refractivity contribution in [2.24, 2.45) is 0 Å². The van der Waals surface area contributed by atoms with Crippen LogP contribution in [-0.4, -0.2) is 21.2 Å². The second-order valence-corrected chi connectivity index (χ2v) is 8.00. The minimum atomic E-state index is -2.90. The first kappa shape index (κ1) is 19.1. The van der Waals surface area contributed by atoms with Gasteiger partial charge in [-0.25, -0.2) is 13.8 Å². The highest BCUT2D eigenvalue weighted by atomic mass is 32.1. The highest BCUT2D eigenvalue weighted by Crippen LogP contribution is 2.32. The van der Waals surface area contributed by atoms with Crippen LogP contribution >= 0.6 is 22.9 Å². The van der Waals surface area contributed by atoms with Crippen LogP contribution in [-0.2, 0) is 6.42 Å². The molecule has 0 aliphatic heterocycles. The standard InChI is InChI=1S/C18H14F2N4OS2/c1-10-13(7-14(26-10)12-5-3-4-11(6-12)9-21)16(25)23-17-22-15(24-27-17)8-18(2,19)20/h3-7H,8H2,1-2H3,(H,22,23,24,25).